The van der Waals surface area contributed by atoms with Crippen LogP contribution in [0.15, 0.2) is 215 Å². The van der Waals surface area contributed by atoms with Crippen molar-refractivity contribution in [1.29, 1.82) is 0 Å². The zero-order valence-corrected chi connectivity index (χ0v) is 58.6. The van der Waals surface area contributed by atoms with Gasteiger partial charge in [-0.15, -0.1) is 112 Å². The van der Waals surface area contributed by atoms with Crippen LogP contribution in [-0.2, 0) is 94.7 Å². The molecule has 0 aromatic carbocycles. The highest BCUT2D eigenvalue weighted by Gasteiger charge is 2.32. The lowest BCUT2D eigenvalue weighted by Crippen LogP contribution is -2.42. The second kappa shape index (κ2) is 82.2. The summed E-state index contributed by atoms with van der Waals surface area (Å²) >= 11 is 0. The Morgan fingerprint density at radius 1 is 0.167 bits per heavy atom. The van der Waals surface area contributed by atoms with Crippen LogP contribution < -0.4 is 0 Å². The van der Waals surface area contributed by atoms with Crippen LogP contribution in [0.3, 0.4) is 0 Å². The van der Waals surface area contributed by atoms with Gasteiger partial charge in [-0.05, 0) is 6.42 Å². The van der Waals surface area contributed by atoms with Crippen molar-refractivity contribution in [1.82, 2.24) is 0 Å². The first kappa shape index (κ1) is 97.2. The molecule has 96 heavy (non-hydrogen) atoms. The molecule has 20 heteroatoms. The van der Waals surface area contributed by atoms with Crippen molar-refractivity contribution in [2.45, 2.75) is 49.1 Å². The van der Waals surface area contributed by atoms with E-state index in [0.717, 1.165) is 6.42 Å². The van der Waals surface area contributed by atoms with Crippen molar-refractivity contribution in [3.05, 3.63) is 215 Å². The van der Waals surface area contributed by atoms with E-state index >= 15 is 0 Å². The van der Waals surface area contributed by atoms with Crippen LogP contribution >= 0.6 is 0 Å². The molecule has 0 aliphatic carbocycles. The molecule has 0 bridgehead atoms. The van der Waals surface area contributed by atoms with Crippen LogP contribution in [0.5, 0.6) is 0 Å². The van der Waals surface area contributed by atoms with Gasteiger partial charge in [-0.1, -0.05) is 103 Å². The molecule has 6 unspecified atom stereocenters. The second-order valence-corrected chi connectivity index (χ2v) is 20.2. The minimum Gasteiger partial charge on any atom is -0.377 e. The van der Waals surface area contributed by atoms with E-state index in [4.69, 9.17) is 94.7 Å². The van der Waals surface area contributed by atoms with Gasteiger partial charge in [0, 0.05) is 0 Å². The van der Waals surface area contributed by atoms with Crippen molar-refractivity contribution in [3.8, 4) is 0 Å². The molecule has 6 atom stereocenters. The summed E-state index contributed by atoms with van der Waals surface area (Å²) in [6.45, 7) is 74.7. The highest BCUT2D eigenvalue weighted by molar-refractivity contribution is 4.84. The van der Waals surface area contributed by atoms with Crippen molar-refractivity contribution in [3.63, 3.8) is 0 Å². The molecular formula is C76H126O20. The first-order valence-corrected chi connectivity index (χ1v) is 32.2. The second-order valence-electron chi connectivity index (χ2n) is 20.2. The molecule has 550 valence electrons. The van der Waals surface area contributed by atoms with Gasteiger partial charge in [0.2, 0.25) is 0 Å². The lowest BCUT2D eigenvalue weighted by Gasteiger charge is -2.32. The van der Waals surface area contributed by atoms with Crippen LogP contribution in [0.2, 0.25) is 0 Å². The Labute approximate surface area is 580 Å². The maximum absolute atomic E-state index is 6.03. The average molecular weight is 1360 g/mol. The number of hydrogen-bond donors (Lipinski definition) is 0. The summed E-state index contributed by atoms with van der Waals surface area (Å²) in [5.41, 5.74) is -0.377. The smallest absolute Gasteiger partial charge is 0.105 e. The fraction of sp³-hybridized carbons (Fsp3) is 0.553. The molecule has 0 saturated heterocycles. The minimum absolute atomic E-state index is 0.0668. The molecule has 0 amide bonds. The molecular weight excluding hydrogens is 1230 g/mol. The SMILES string of the molecule is C=CCC=C.C=CCOCC(COCC(COCC(COCC(COCC(COCC(COCC=C)OCC=C)OCC=C)OCC=C)OCC=C)OCC=C)OCC=C.C=CCOCC(COCC=C)(COCC=C)COCC=C.C=CCOCC(COCC=C)OCC=C. The molecule has 0 fully saturated rings. The summed E-state index contributed by atoms with van der Waals surface area (Å²) in [4.78, 5) is 0. The first-order chi connectivity index (χ1) is 47.0. The number of hydrogen-bond acceptors (Lipinski definition) is 20. The van der Waals surface area contributed by atoms with Crippen LogP contribution in [0.1, 0.15) is 6.42 Å². The van der Waals surface area contributed by atoms with E-state index in [1.54, 1.807) is 91.1 Å². The summed E-state index contributed by atoms with van der Waals surface area (Å²) < 4.78 is 114. The van der Waals surface area contributed by atoms with Gasteiger partial charge in [0.05, 0.1) is 223 Å². The molecule has 20 nitrogen and oxygen atoms in total. The third-order valence-electron chi connectivity index (χ3n) is 11.3. The van der Waals surface area contributed by atoms with Crippen LogP contribution in [0.4, 0.5) is 0 Å². The number of allylic oxidation sites excluding steroid dienone is 2. The maximum Gasteiger partial charge on any atom is 0.105 e. The fourth-order valence-electron chi connectivity index (χ4n) is 7.03. The van der Waals surface area contributed by atoms with Crippen molar-refractivity contribution in [2.24, 2.45) is 5.41 Å². The van der Waals surface area contributed by atoms with E-state index in [9.17, 15) is 0 Å². The monoisotopic (exact) mass is 1360 g/mol. The van der Waals surface area contributed by atoms with Crippen LogP contribution in [0.25, 0.3) is 0 Å². The zero-order valence-electron chi connectivity index (χ0n) is 58.6. The predicted octanol–water partition coefficient (Wildman–Crippen LogP) is 11.4. The van der Waals surface area contributed by atoms with Gasteiger partial charge in [0.1, 0.15) is 42.7 Å². The summed E-state index contributed by atoms with van der Waals surface area (Å²) in [7, 11) is 0. The van der Waals surface area contributed by atoms with Gasteiger partial charge in [-0.25, -0.2) is 0 Å². The third kappa shape index (κ3) is 70.1. The molecule has 0 aliphatic rings. The Hall–Kier alpha value is -5.22. The van der Waals surface area contributed by atoms with Gasteiger partial charge in [0.15, 0.2) is 0 Å². The number of ether oxygens (including phenoxy) is 20. The summed E-state index contributed by atoms with van der Waals surface area (Å²) in [5, 5.41) is 0. The van der Waals surface area contributed by atoms with Crippen molar-refractivity contribution < 1.29 is 94.7 Å². The van der Waals surface area contributed by atoms with E-state index < -0.39 is 0 Å². The quantitative estimate of drug-likeness (QED) is 0.0413. The Morgan fingerprint density at radius 2 is 0.302 bits per heavy atom. The molecule has 0 saturated carbocycles. The highest BCUT2D eigenvalue weighted by Crippen LogP contribution is 2.21. The van der Waals surface area contributed by atoms with Crippen LogP contribution in [-0.4, -0.2) is 261 Å². The molecule has 0 rings (SSSR count). The van der Waals surface area contributed by atoms with Gasteiger partial charge in [-0.3, -0.25) is 0 Å². The van der Waals surface area contributed by atoms with Crippen LogP contribution in [0, 0.1) is 5.41 Å². The van der Waals surface area contributed by atoms with E-state index in [-0.39, 0.29) is 101 Å². The lowest BCUT2D eigenvalue weighted by atomic mass is 9.92. The Bertz CT molecular complexity index is 1740. The van der Waals surface area contributed by atoms with E-state index in [0.29, 0.717) is 165 Å². The standard InChI is InChI=1S/C42H70O13.C17H28O4.C12H20O3.C5H8/c1-9-17-43-25-37(50-19-11-3)27-45-29-39(52-21-13-5)31-47-33-41(54-23-15-7)35-49-36-42(55-24-16-8)34-48-32-40(53-22-14-6)30-46-28-38(51-20-12-4)26-44-18-10-2;1-5-9-18-13-17(14-19-10-6-2,15-20-11-7-3)16-21-12-8-4;1-4-7-13-10-12(15-9-6-3)11-14-8-5-2;1-3-5-4-2/h9-16,37-42H,1-8,17-36H2;5-8H,1-4,9-16H2;4-6,12H,1-3,7-11H2;3-4H,1-2,5H2. The zero-order chi connectivity index (χ0) is 71.7. The molecule has 0 heterocycles. The first-order valence-electron chi connectivity index (χ1n) is 32.2. The van der Waals surface area contributed by atoms with Gasteiger partial charge < -0.3 is 94.7 Å². The van der Waals surface area contributed by atoms with Crippen molar-refractivity contribution in [2.75, 3.05) is 218 Å². The Morgan fingerprint density at radius 3 is 0.427 bits per heavy atom. The topological polar surface area (TPSA) is 185 Å². The molecule has 0 spiro atoms. The predicted molar refractivity (Wildman–Crippen MR) is 389 cm³/mol. The molecule has 0 radical (unpaired) electrons. The van der Waals surface area contributed by atoms with Crippen molar-refractivity contribution >= 4 is 0 Å². The maximum atomic E-state index is 6.03. The third-order valence-corrected chi connectivity index (χ3v) is 11.3. The largest absolute Gasteiger partial charge is 0.377 e. The average Bonchev–Trinajstić information content (AvgIpc) is 1.62. The minimum atomic E-state index is -0.381. The van der Waals surface area contributed by atoms with E-state index in [2.05, 4.69) is 112 Å². The molecule has 0 N–H and O–H groups in total. The number of rotatable bonds is 75. The Kier molecular flexibility index (Phi) is 83.2. The summed E-state index contributed by atoms with van der Waals surface area (Å²) in [6.07, 6.45) is 27.9. The molecule has 0 aromatic heterocycles. The summed E-state index contributed by atoms with van der Waals surface area (Å²) in [6, 6.07) is 0. The Balaban J connectivity index is -0.000000828. The highest BCUT2D eigenvalue weighted by atomic mass is 16.6. The molecule has 0 aliphatic heterocycles. The van der Waals surface area contributed by atoms with E-state index in [1.807, 2.05) is 12.2 Å². The van der Waals surface area contributed by atoms with E-state index in [1.165, 1.54) is 0 Å². The van der Waals surface area contributed by atoms with Gasteiger partial charge >= 0.3 is 0 Å². The normalized spacial score (nSPS) is 12.7. The fourth-order valence-corrected chi connectivity index (χ4v) is 7.03. The molecule has 0 aromatic rings. The summed E-state index contributed by atoms with van der Waals surface area (Å²) in [5.74, 6) is 0. The van der Waals surface area contributed by atoms with Gasteiger partial charge in [0.25, 0.3) is 0 Å². The lowest BCUT2D eigenvalue weighted by molar-refractivity contribution is -0.115. The van der Waals surface area contributed by atoms with Gasteiger partial charge in [-0.2, -0.15) is 0 Å².